The van der Waals surface area contributed by atoms with Crippen molar-refractivity contribution in [2.45, 2.75) is 20.3 Å². The van der Waals surface area contributed by atoms with E-state index in [4.69, 9.17) is 0 Å². The standard InChI is InChI=1S/C29H24N8O5/c1-3-26(38)32-25-15-20(35(4-2)11-12-36-28(39)22-7-5-6-8-23(22)29(36)40)9-10-24(25)33-34-27-18(16-30)13-21(37(41)42)14-19(27)17-31/h5-10,13-15H,3-4,11-12H2,1-2H3,(H,32,38)/b34-33+. The number of carbonyl (C=O) groups is 3. The molecule has 3 amide bonds. The Balaban J connectivity index is 1.63. The maximum absolute atomic E-state index is 12.8. The average molecular weight is 565 g/mol. The number of hydrogen-bond acceptors (Lipinski definition) is 10. The Hall–Kier alpha value is -5.95. The highest BCUT2D eigenvalue weighted by Gasteiger charge is 2.35. The van der Waals surface area contributed by atoms with Crippen LogP contribution in [0, 0.1) is 32.8 Å². The zero-order valence-electron chi connectivity index (χ0n) is 22.7. The number of anilines is 2. The molecule has 3 aromatic carbocycles. The molecule has 0 aliphatic carbocycles. The number of benzene rings is 3. The molecule has 0 saturated heterocycles. The summed E-state index contributed by atoms with van der Waals surface area (Å²) in [6.07, 6.45) is 0.178. The van der Waals surface area contributed by atoms with Gasteiger partial charge in [-0.05, 0) is 37.3 Å². The second kappa shape index (κ2) is 12.5. The molecule has 42 heavy (non-hydrogen) atoms. The number of amides is 3. The second-order valence-electron chi connectivity index (χ2n) is 9.06. The van der Waals surface area contributed by atoms with E-state index in [2.05, 4.69) is 15.5 Å². The minimum atomic E-state index is -0.715. The lowest BCUT2D eigenvalue weighted by Gasteiger charge is -2.26. The van der Waals surface area contributed by atoms with Gasteiger partial charge in [0.25, 0.3) is 17.5 Å². The molecule has 0 unspecified atom stereocenters. The summed E-state index contributed by atoms with van der Waals surface area (Å²) in [5, 5.41) is 41.1. The Morgan fingerprint density at radius 2 is 1.62 bits per heavy atom. The van der Waals surface area contributed by atoms with E-state index in [9.17, 15) is 35.0 Å². The van der Waals surface area contributed by atoms with Crippen LogP contribution in [0.3, 0.4) is 0 Å². The van der Waals surface area contributed by atoms with Crippen LogP contribution in [0.1, 0.15) is 52.1 Å². The Morgan fingerprint density at radius 3 is 2.14 bits per heavy atom. The molecule has 1 aliphatic rings. The van der Waals surface area contributed by atoms with Crippen molar-refractivity contribution in [3.63, 3.8) is 0 Å². The predicted octanol–water partition coefficient (Wildman–Crippen LogP) is 5.22. The molecule has 3 aromatic rings. The number of azo groups is 1. The molecule has 0 fully saturated rings. The molecule has 1 heterocycles. The summed E-state index contributed by atoms with van der Waals surface area (Å²) in [7, 11) is 0. The third kappa shape index (κ3) is 5.80. The molecule has 13 heteroatoms. The minimum Gasteiger partial charge on any atom is -0.370 e. The van der Waals surface area contributed by atoms with Crippen molar-refractivity contribution < 1.29 is 19.3 Å². The van der Waals surface area contributed by atoms with Crippen molar-refractivity contribution >= 4 is 46.2 Å². The molecule has 0 aromatic heterocycles. The topological polar surface area (TPSA) is 185 Å². The summed E-state index contributed by atoms with van der Waals surface area (Å²) in [6.45, 7) is 4.57. The van der Waals surface area contributed by atoms with Gasteiger partial charge >= 0.3 is 0 Å². The number of nitriles is 2. The molecule has 4 rings (SSSR count). The zero-order chi connectivity index (χ0) is 30.4. The van der Waals surface area contributed by atoms with Gasteiger partial charge in [-0.25, -0.2) is 0 Å². The van der Waals surface area contributed by atoms with Crippen LogP contribution in [0.4, 0.5) is 28.4 Å². The molecule has 1 aliphatic heterocycles. The van der Waals surface area contributed by atoms with Crippen molar-refractivity contribution in [3.05, 3.63) is 87.0 Å². The van der Waals surface area contributed by atoms with Crippen LogP contribution < -0.4 is 10.2 Å². The van der Waals surface area contributed by atoms with Crippen LogP contribution in [0.25, 0.3) is 0 Å². The molecule has 0 atom stereocenters. The van der Waals surface area contributed by atoms with Gasteiger partial charge in [0.1, 0.15) is 23.5 Å². The van der Waals surface area contributed by atoms with E-state index in [0.29, 0.717) is 35.6 Å². The van der Waals surface area contributed by atoms with Gasteiger partial charge in [-0.15, -0.1) is 10.2 Å². The van der Waals surface area contributed by atoms with E-state index in [0.717, 1.165) is 12.1 Å². The molecule has 1 N–H and O–H groups in total. The molecule has 210 valence electrons. The van der Waals surface area contributed by atoms with Crippen LogP contribution in [0.15, 0.2) is 64.8 Å². The number of rotatable bonds is 10. The second-order valence-corrected chi connectivity index (χ2v) is 9.06. The van der Waals surface area contributed by atoms with Crippen LogP contribution in [0.2, 0.25) is 0 Å². The summed E-state index contributed by atoms with van der Waals surface area (Å²) in [5.41, 5.74) is 0.946. The Kier molecular flexibility index (Phi) is 8.63. The molecule has 0 saturated carbocycles. The highest BCUT2D eigenvalue weighted by Crippen LogP contribution is 2.35. The number of fused-ring (bicyclic) bond motifs is 1. The molecule has 0 radical (unpaired) electrons. The van der Waals surface area contributed by atoms with Gasteiger partial charge in [0.15, 0.2) is 0 Å². The fraction of sp³-hybridized carbons (Fsp3) is 0.207. The smallest absolute Gasteiger partial charge is 0.272 e. The highest BCUT2D eigenvalue weighted by molar-refractivity contribution is 6.21. The lowest BCUT2D eigenvalue weighted by molar-refractivity contribution is -0.384. The van der Waals surface area contributed by atoms with Crippen molar-refractivity contribution in [2.75, 3.05) is 29.9 Å². The number of imide groups is 1. The van der Waals surface area contributed by atoms with Gasteiger partial charge in [-0.2, -0.15) is 10.5 Å². The Labute approximate surface area is 240 Å². The summed E-state index contributed by atoms with van der Waals surface area (Å²) in [5.74, 6) is -1.00. The predicted molar refractivity (Wildman–Crippen MR) is 152 cm³/mol. The van der Waals surface area contributed by atoms with Crippen molar-refractivity contribution in [1.29, 1.82) is 10.5 Å². The lowest BCUT2D eigenvalue weighted by Crippen LogP contribution is -2.38. The minimum absolute atomic E-state index is 0.140. The SMILES string of the molecule is CCC(=O)Nc1cc(N(CC)CCN2C(=O)c3ccccc3C2=O)ccc1/N=N/c1c(C#N)cc([N+](=O)[O-])cc1C#N. The molecular formula is C29H24N8O5. The number of nitro benzene ring substituents is 1. The first-order valence-corrected chi connectivity index (χ1v) is 12.9. The fourth-order valence-corrected chi connectivity index (χ4v) is 4.39. The van der Waals surface area contributed by atoms with E-state index >= 15 is 0 Å². The Bertz CT molecular complexity index is 1650. The van der Waals surface area contributed by atoms with Crippen LogP contribution in [-0.2, 0) is 4.79 Å². The fourth-order valence-electron chi connectivity index (χ4n) is 4.39. The summed E-state index contributed by atoms with van der Waals surface area (Å²) in [4.78, 5) is 51.4. The number of hydrogen-bond donors (Lipinski definition) is 1. The molecule has 0 spiro atoms. The summed E-state index contributed by atoms with van der Waals surface area (Å²) in [6, 6.07) is 17.2. The van der Waals surface area contributed by atoms with Crippen LogP contribution in [-0.4, -0.2) is 47.2 Å². The van der Waals surface area contributed by atoms with E-state index < -0.39 is 10.6 Å². The number of non-ortho nitro benzene ring substituents is 1. The number of nitrogens with zero attached hydrogens (tertiary/aromatic N) is 7. The molecule has 13 nitrogen and oxygen atoms in total. The van der Waals surface area contributed by atoms with Gasteiger partial charge in [0.2, 0.25) is 5.91 Å². The van der Waals surface area contributed by atoms with Crippen LogP contribution in [0.5, 0.6) is 0 Å². The Morgan fingerprint density at radius 1 is 1.00 bits per heavy atom. The van der Waals surface area contributed by atoms with Crippen molar-refractivity contribution in [2.24, 2.45) is 10.2 Å². The third-order valence-corrected chi connectivity index (χ3v) is 6.60. The maximum Gasteiger partial charge on any atom is 0.272 e. The first-order valence-electron chi connectivity index (χ1n) is 12.9. The third-order valence-electron chi connectivity index (χ3n) is 6.60. The number of nitro groups is 1. The van der Waals surface area contributed by atoms with Gasteiger partial charge < -0.3 is 10.2 Å². The number of carbonyl (C=O) groups excluding carboxylic acids is 3. The van der Waals surface area contributed by atoms with Gasteiger partial charge in [0.05, 0.1) is 32.9 Å². The van der Waals surface area contributed by atoms with E-state index in [1.54, 1.807) is 61.5 Å². The average Bonchev–Trinajstić information content (AvgIpc) is 3.25. The van der Waals surface area contributed by atoms with Gasteiger partial charge in [-0.1, -0.05) is 19.1 Å². The number of nitrogens with one attached hydrogen (secondary N) is 1. The number of likely N-dealkylation sites (N-methyl/N-ethyl adjacent to an activating group) is 1. The molecular weight excluding hydrogens is 540 g/mol. The largest absolute Gasteiger partial charge is 0.370 e. The quantitative estimate of drug-likeness (QED) is 0.150. The van der Waals surface area contributed by atoms with Crippen molar-refractivity contribution in [3.8, 4) is 12.1 Å². The first kappa shape index (κ1) is 29.0. The molecule has 0 bridgehead atoms. The monoisotopic (exact) mass is 564 g/mol. The van der Waals surface area contributed by atoms with E-state index in [-0.39, 0.29) is 53.2 Å². The normalized spacial score (nSPS) is 12.1. The van der Waals surface area contributed by atoms with Crippen LogP contribution >= 0.6 is 0 Å². The van der Waals surface area contributed by atoms with E-state index in [1.807, 2.05) is 11.8 Å². The van der Waals surface area contributed by atoms with Gasteiger partial charge in [0, 0.05) is 43.9 Å². The highest BCUT2D eigenvalue weighted by atomic mass is 16.6. The maximum atomic E-state index is 12.8. The summed E-state index contributed by atoms with van der Waals surface area (Å²) < 4.78 is 0. The summed E-state index contributed by atoms with van der Waals surface area (Å²) >= 11 is 0. The van der Waals surface area contributed by atoms with Crippen molar-refractivity contribution in [1.82, 2.24) is 4.90 Å². The zero-order valence-corrected chi connectivity index (χ0v) is 22.7. The first-order chi connectivity index (χ1) is 20.2. The lowest BCUT2D eigenvalue weighted by atomic mass is 10.1. The van der Waals surface area contributed by atoms with E-state index in [1.165, 1.54) is 4.90 Å². The van der Waals surface area contributed by atoms with Gasteiger partial charge in [-0.3, -0.25) is 29.4 Å².